The molecule has 4 N–H and O–H groups in total. The molecule has 98 valence electrons. The Hall–Kier alpha value is -1.47. The summed E-state index contributed by atoms with van der Waals surface area (Å²) in [5.74, 6) is -0.504. The van der Waals surface area contributed by atoms with Crippen molar-refractivity contribution in [3.8, 4) is 5.75 Å². The van der Waals surface area contributed by atoms with Crippen LogP contribution in [0.15, 0.2) is 36.4 Å². The zero-order valence-electron chi connectivity index (χ0n) is 9.65. The maximum Gasteiger partial charge on any atom is 0.259 e. The van der Waals surface area contributed by atoms with Gasteiger partial charge < -0.3 is 16.2 Å². The van der Waals surface area contributed by atoms with Gasteiger partial charge in [-0.1, -0.05) is 11.6 Å². The molecule has 0 aliphatic carbocycles. The number of carbonyl (C=O) groups excluding carboxylic acids is 1. The molecule has 19 heavy (non-hydrogen) atoms. The summed E-state index contributed by atoms with van der Waals surface area (Å²) in [6.07, 6.45) is 0. The van der Waals surface area contributed by atoms with Crippen LogP contribution in [0, 0.1) is 3.57 Å². The minimum atomic E-state index is -0.426. The van der Waals surface area contributed by atoms with Crippen LogP contribution in [-0.4, -0.2) is 11.0 Å². The average Bonchev–Trinajstić information content (AvgIpc) is 2.35. The molecule has 0 aliphatic heterocycles. The standard InChI is InChI=1S/C13H10ClIN2O2/c14-7-1-3-11(10(16)5-7)17-13(19)9-6-8(15)2-4-12(9)18/h1-6,18H,16H2,(H,17,19). The van der Waals surface area contributed by atoms with Gasteiger partial charge in [0, 0.05) is 8.59 Å². The van der Waals surface area contributed by atoms with Crippen molar-refractivity contribution in [3.05, 3.63) is 50.6 Å². The van der Waals surface area contributed by atoms with Gasteiger partial charge in [0.25, 0.3) is 5.91 Å². The van der Waals surface area contributed by atoms with Crippen molar-refractivity contribution in [2.75, 3.05) is 11.1 Å². The SMILES string of the molecule is Nc1cc(Cl)ccc1NC(=O)c1cc(I)ccc1O. The molecular weight excluding hydrogens is 379 g/mol. The number of rotatable bonds is 2. The van der Waals surface area contributed by atoms with E-state index in [-0.39, 0.29) is 11.3 Å². The van der Waals surface area contributed by atoms with E-state index in [9.17, 15) is 9.90 Å². The van der Waals surface area contributed by atoms with Gasteiger partial charge in [0.2, 0.25) is 0 Å². The van der Waals surface area contributed by atoms with E-state index in [1.807, 2.05) is 0 Å². The normalized spacial score (nSPS) is 10.2. The molecule has 6 heteroatoms. The van der Waals surface area contributed by atoms with Crippen molar-refractivity contribution >= 4 is 51.5 Å². The summed E-state index contributed by atoms with van der Waals surface area (Å²) >= 11 is 7.85. The molecule has 0 heterocycles. The summed E-state index contributed by atoms with van der Waals surface area (Å²) in [5, 5.41) is 12.8. The van der Waals surface area contributed by atoms with E-state index in [0.29, 0.717) is 16.4 Å². The fourth-order valence-electron chi connectivity index (χ4n) is 1.53. The minimum Gasteiger partial charge on any atom is -0.507 e. The zero-order chi connectivity index (χ0) is 14.0. The lowest BCUT2D eigenvalue weighted by Crippen LogP contribution is -2.13. The van der Waals surface area contributed by atoms with E-state index in [1.165, 1.54) is 6.07 Å². The van der Waals surface area contributed by atoms with Gasteiger partial charge in [0.05, 0.1) is 16.9 Å². The van der Waals surface area contributed by atoms with E-state index < -0.39 is 5.91 Å². The molecule has 0 unspecified atom stereocenters. The van der Waals surface area contributed by atoms with Crippen molar-refractivity contribution in [3.63, 3.8) is 0 Å². The van der Waals surface area contributed by atoms with Crippen molar-refractivity contribution in [2.24, 2.45) is 0 Å². The summed E-state index contributed by atoms with van der Waals surface area (Å²) < 4.78 is 0.852. The molecule has 4 nitrogen and oxygen atoms in total. The van der Waals surface area contributed by atoms with Crippen molar-refractivity contribution in [1.29, 1.82) is 0 Å². The van der Waals surface area contributed by atoms with Crippen LogP contribution in [0.4, 0.5) is 11.4 Å². The number of nitrogens with one attached hydrogen (secondary N) is 1. The molecule has 0 saturated heterocycles. The Morgan fingerprint density at radius 3 is 2.68 bits per heavy atom. The number of carbonyl (C=O) groups is 1. The lowest BCUT2D eigenvalue weighted by atomic mass is 10.2. The number of halogens is 2. The van der Waals surface area contributed by atoms with Gasteiger partial charge in [-0.2, -0.15) is 0 Å². The first-order chi connectivity index (χ1) is 8.97. The van der Waals surface area contributed by atoms with E-state index in [0.717, 1.165) is 3.57 Å². The molecule has 0 atom stereocenters. The molecule has 2 aromatic carbocycles. The predicted octanol–water partition coefficient (Wildman–Crippen LogP) is 3.48. The number of anilines is 2. The number of nitrogens with two attached hydrogens (primary N) is 1. The van der Waals surface area contributed by atoms with E-state index in [4.69, 9.17) is 17.3 Å². The van der Waals surface area contributed by atoms with Crippen LogP contribution in [0.3, 0.4) is 0 Å². The third-order valence-electron chi connectivity index (χ3n) is 2.47. The maximum atomic E-state index is 12.1. The first-order valence-corrected chi connectivity index (χ1v) is 6.78. The minimum absolute atomic E-state index is 0.0783. The van der Waals surface area contributed by atoms with E-state index >= 15 is 0 Å². The first kappa shape index (κ1) is 14.0. The number of benzene rings is 2. The second-order valence-corrected chi connectivity index (χ2v) is 5.53. The molecule has 0 spiro atoms. The van der Waals surface area contributed by atoms with Crippen LogP contribution < -0.4 is 11.1 Å². The lowest BCUT2D eigenvalue weighted by Gasteiger charge is -2.09. The van der Waals surface area contributed by atoms with E-state index in [1.54, 1.807) is 30.3 Å². The van der Waals surface area contributed by atoms with Crippen molar-refractivity contribution in [1.82, 2.24) is 0 Å². The molecule has 0 bridgehead atoms. The van der Waals surface area contributed by atoms with Gasteiger partial charge in [-0.05, 0) is 59.0 Å². The van der Waals surface area contributed by atoms with Gasteiger partial charge >= 0.3 is 0 Å². The monoisotopic (exact) mass is 388 g/mol. The van der Waals surface area contributed by atoms with Gasteiger partial charge in [0.1, 0.15) is 5.75 Å². The summed E-state index contributed by atoms with van der Waals surface area (Å²) in [6, 6.07) is 9.57. The van der Waals surface area contributed by atoms with Gasteiger partial charge in [0.15, 0.2) is 0 Å². The Labute approximate surface area is 128 Å². The topological polar surface area (TPSA) is 75.3 Å². The highest BCUT2D eigenvalue weighted by molar-refractivity contribution is 14.1. The molecule has 1 amide bonds. The third-order valence-corrected chi connectivity index (χ3v) is 3.37. The fourth-order valence-corrected chi connectivity index (χ4v) is 2.20. The number of hydrogen-bond donors (Lipinski definition) is 3. The van der Waals surface area contributed by atoms with Crippen molar-refractivity contribution in [2.45, 2.75) is 0 Å². The molecule has 0 aromatic heterocycles. The Morgan fingerprint density at radius 2 is 2.00 bits per heavy atom. The predicted molar refractivity (Wildman–Crippen MR) is 84.6 cm³/mol. The summed E-state index contributed by atoms with van der Waals surface area (Å²) in [7, 11) is 0. The Morgan fingerprint density at radius 1 is 1.26 bits per heavy atom. The highest BCUT2D eigenvalue weighted by atomic mass is 127. The largest absolute Gasteiger partial charge is 0.507 e. The average molecular weight is 389 g/mol. The van der Waals surface area contributed by atoms with Crippen molar-refractivity contribution < 1.29 is 9.90 Å². The van der Waals surface area contributed by atoms with Crippen LogP contribution in [-0.2, 0) is 0 Å². The molecule has 2 aromatic rings. The summed E-state index contributed by atoms with van der Waals surface area (Å²) in [4.78, 5) is 12.1. The Kier molecular flexibility index (Phi) is 4.16. The second-order valence-electron chi connectivity index (χ2n) is 3.85. The second kappa shape index (κ2) is 5.66. The van der Waals surface area contributed by atoms with Crippen LogP contribution in [0.2, 0.25) is 5.02 Å². The highest BCUT2D eigenvalue weighted by Crippen LogP contribution is 2.25. The van der Waals surface area contributed by atoms with E-state index in [2.05, 4.69) is 27.9 Å². The number of phenols is 1. The van der Waals surface area contributed by atoms with Crippen LogP contribution in [0.5, 0.6) is 5.75 Å². The van der Waals surface area contributed by atoms with Crippen LogP contribution >= 0.6 is 34.2 Å². The number of nitrogen functional groups attached to an aromatic ring is 1. The number of amides is 1. The molecule has 2 rings (SSSR count). The van der Waals surface area contributed by atoms with Gasteiger partial charge in [-0.25, -0.2) is 0 Å². The molecule has 0 fully saturated rings. The number of aromatic hydroxyl groups is 1. The number of phenolic OH excluding ortho intramolecular Hbond substituents is 1. The maximum absolute atomic E-state index is 12.1. The van der Waals surface area contributed by atoms with Crippen LogP contribution in [0.1, 0.15) is 10.4 Å². The summed E-state index contributed by atoms with van der Waals surface area (Å²) in [6.45, 7) is 0. The van der Waals surface area contributed by atoms with Gasteiger partial charge in [-0.3, -0.25) is 4.79 Å². The van der Waals surface area contributed by atoms with Gasteiger partial charge in [-0.15, -0.1) is 0 Å². The highest BCUT2D eigenvalue weighted by Gasteiger charge is 2.13. The number of hydrogen-bond acceptors (Lipinski definition) is 3. The molecule has 0 saturated carbocycles. The Bertz CT molecular complexity index is 647. The lowest BCUT2D eigenvalue weighted by molar-refractivity contribution is 0.102. The molecular formula is C13H10ClIN2O2. The fraction of sp³-hybridized carbons (Fsp3) is 0. The first-order valence-electron chi connectivity index (χ1n) is 5.32. The quantitative estimate of drug-likeness (QED) is 0.544. The third kappa shape index (κ3) is 3.30. The smallest absolute Gasteiger partial charge is 0.259 e. The van der Waals surface area contributed by atoms with Crippen LogP contribution in [0.25, 0.3) is 0 Å². The Balaban J connectivity index is 2.28. The molecule has 0 radical (unpaired) electrons. The summed E-state index contributed by atoms with van der Waals surface area (Å²) in [5.41, 5.74) is 6.77. The zero-order valence-corrected chi connectivity index (χ0v) is 12.6. The molecule has 0 aliphatic rings.